The summed E-state index contributed by atoms with van der Waals surface area (Å²) in [4.78, 5) is 40.7. The molecule has 1 aliphatic rings. The number of para-hydroxylation sites is 2. The van der Waals surface area contributed by atoms with Gasteiger partial charge in [0.2, 0.25) is 5.95 Å². The number of alkyl halides is 1. The maximum absolute atomic E-state index is 12.2. The predicted octanol–water partition coefficient (Wildman–Crippen LogP) is 5.65. The Kier molecular flexibility index (Phi) is 10.8. The number of hydrogen-bond acceptors (Lipinski definition) is 10. The van der Waals surface area contributed by atoms with E-state index in [2.05, 4.69) is 5.32 Å². The summed E-state index contributed by atoms with van der Waals surface area (Å²) in [5.41, 5.74) is 4.44. The number of benzene rings is 3. The first-order valence-electron chi connectivity index (χ1n) is 15.0. The average molecular weight is 650 g/mol. The first-order chi connectivity index (χ1) is 22.2. The zero-order valence-corrected chi connectivity index (χ0v) is 26.6. The van der Waals surface area contributed by atoms with Crippen LogP contribution in [0.15, 0.2) is 72.8 Å². The van der Waals surface area contributed by atoms with Crippen molar-refractivity contribution in [2.45, 2.75) is 58.3 Å². The van der Waals surface area contributed by atoms with Crippen LogP contribution in [0.1, 0.15) is 39.0 Å². The zero-order valence-electron chi connectivity index (χ0n) is 25.8. The van der Waals surface area contributed by atoms with Crippen LogP contribution in [-0.2, 0) is 39.9 Å². The van der Waals surface area contributed by atoms with E-state index in [4.69, 9.17) is 40.3 Å². The van der Waals surface area contributed by atoms with Crippen molar-refractivity contribution >= 4 is 46.5 Å². The highest BCUT2D eigenvalue weighted by Crippen LogP contribution is 2.38. The summed E-state index contributed by atoms with van der Waals surface area (Å²) in [6, 6.07) is 23.5. The number of nitrogens with zero attached hydrogens (tertiary/aromatic N) is 2. The van der Waals surface area contributed by atoms with Gasteiger partial charge in [-0.25, -0.2) is 4.98 Å². The van der Waals surface area contributed by atoms with E-state index in [1.165, 1.54) is 20.8 Å². The molecule has 1 aromatic heterocycles. The third-order valence-electron chi connectivity index (χ3n) is 7.31. The molecule has 2 heterocycles. The molecular weight excluding hydrogens is 614 g/mol. The fourth-order valence-electron chi connectivity index (χ4n) is 5.33. The fourth-order valence-corrected chi connectivity index (χ4v) is 5.44. The number of carbonyl (C=O) groups excluding carboxylic acids is 3. The van der Waals surface area contributed by atoms with Gasteiger partial charge in [0.05, 0.1) is 17.6 Å². The maximum atomic E-state index is 12.2. The quantitative estimate of drug-likeness (QED) is 0.0840. The Bertz CT molecular complexity index is 1670. The van der Waals surface area contributed by atoms with Crippen molar-refractivity contribution in [2.75, 3.05) is 24.4 Å². The molecule has 1 aliphatic heterocycles. The lowest BCUT2D eigenvalue weighted by atomic mass is 10.0. The van der Waals surface area contributed by atoms with Crippen LogP contribution in [0.2, 0.25) is 0 Å². The number of anilines is 1. The second kappa shape index (κ2) is 15.1. The van der Waals surface area contributed by atoms with E-state index >= 15 is 0 Å². The molecule has 46 heavy (non-hydrogen) atoms. The molecular formula is C34H36ClN3O8. The van der Waals surface area contributed by atoms with Crippen LogP contribution in [0, 0.1) is 0 Å². The molecule has 0 unspecified atom stereocenters. The highest BCUT2D eigenvalue weighted by Gasteiger charge is 2.51. The van der Waals surface area contributed by atoms with E-state index in [9.17, 15) is 14.4 Å². The van der Waals surface area contributed by atoms with Crippen molar-refractivity contribution in [3.8, 4) is 16.9 Å². The molecule has 5 rings (SSSR count). The van der Waals surface area contributed by atoms with Gasteiger partial charge in [-0.15, -0.1) is 11.6 Å². The molecule has 4 aromatic rings. The number of halogens is 1. The summed E-state index contributed by atoms with van der Waals surface area (Å²) in [5, 5.41) is 3.39. The van der Waals surface area contributed by atoms with E-state index in [0.717, 1.165) is 28.9 Å². The smallest absolute Gasteiger partial charge is 0.303 e. The summed E-state index contributed by atoms with van der Waals surface area (Å²) in [5.74, 6) is 0.0836. The van der Waals surface area contributed by atoms with Gasteiger partial charge in [0.25, 0.3) is 0 Å². The Morgan fingerprint density at radius 3 is 2.35 bits per heavy atom. The van der Waals surface area contributed by atoms with Crippen molar-refractivity contribution in [3.63, 3.8) is 0 Å². The van der Waals surface area contributed by atoms with Crippen LogP contribution in [0.4, 0.5) is 5.95 Å². The van der Waals surface area contributed by atoms with Crippen LogP contribution < -0.4 is 10.1 Å². The Labute approximate surface area is 271 Å². The first-order valence-corrected chi connectivity index (χ1v) is 15.5. The summed E-state index contributed by atoms with van der Waals surface area (Å²) in [6.07, 6.45) is -3.15. The molecule has 242 valence electrons. The average Bonchev–Trinajstić information content (AvgIpc) is 3.56. The number of carbonyl (C=O) groups is 3. The second-order valence-corrected chi connectivity index (χ2v) is 11.2. The van der Waals surface area contributed by atoms with E-state index in [-0.39, 0.29) is 6.61 Å². The largest absolute Gasteiger partial charge is 0.494 e. The van der Waals surface area contributed by atoms with Gasteiger partial charge in [-0.2, -0.15) is 0 Å². The maximum Gasteiger partial charge on any atom is 0.303 e. The number of rotatable bonds is 13. The van der Waals surface area contributed by atoms with Crippen molar-refractivity contribution in [3.05, 3.63) is 78.4 Å². The summed E-state index contributed by atoms with van der Waals surface area (Å²) in [7, 11) is 0. The molecule has 0 radical (unpaired) electrons. The normalized spacial score (nSPS) is 19.0. The van der Waals surface area contributed by atoms with Crippen molar-refractivity contribution in [2.24, 2.45) is 0 Å². The third-order valence-corrected chi connectivity index (χ3v) is 7.58. The van der Waals surface area contributed by atoms with Gasteiger partial charge in [-0.3, -0.25) is 19.0 Å². The lowest BCUT2D eigenvalue weighted by molar-refractivity contribution is -0.166. The Morgan fingerprint density at radius 1 is 0.891 bits per heavy atom. The van der Waals surface area contributed by atoms with E-state index in [0.29, 0.717) is 36.0 Å². The number of hydrogen-bond donors (Lipinski definition) is 1. The van der Waals surface area contributed by atoms with E-state index < -0.39 is 42.4 Å². The van der Waals surface area contributed by atoms with Crippen molar-refractivity contribution in [1.29, 1.82) is 0 Å². The molecule has 11 nitrogen and oxygen atoms in total. The molecule has 0 spiro atoms. The molecule has 3 aromatic carbocycles. The predicted molar refractivity (Wildman–Crippen MR) is 171 cm³/mol. The Balaban J connectivity index is 1.40. The van der Waals surface area contributed by atoms with Crippen LogP contribution in [0.5, 0.6) is 5.75 Å². The lowest BCUT2D eigenvalue weighted by Gasteiger charge is -2.25. The van der Waals surface area contributed by atoms with Gasteiger partial charge in [0.15, 0.2) is 18.4 Å². The number of ether oxygens (including phenoxy) is 5. The van der Waals surface area contributed by atoms with Crippen molar-refractivity contribution < 1.29 is 38.1 Å². The van der Waals surface area contributed by atoms with Gasteiger partial charge >= 0.3 is 17.9 Å². The van der Waals surface area contributed by atoms with Gasteiger partial charge in [0.1, 0.15) is 18.5 Å². The number of imidazole rings is 1. The van der Waals surface area contributed by atoms with Gasteiger partial charge in [-0.05, 0) is 47.4 Å². The highest BCUT2D eigenvalue weighted by molar-refractivity contribution is 6.17. The Morgan fingerprint density at radius 2 is 1.63 bits per heavy atom. The topological polar surface area (TPSA) is 127 Å². The SMILES string of the molecule is CC(=O)OC[C@H]1O[C@@H](n2c(NCc3ccc(-c4cccc(OCCCCl)c4)cc3)nc3ccccc32)[C@H](OC(C)=O)[C@@H]1OC(C)=O. The molecule has 0 bridgehead atoms. The van der Waals surface area contributed by atoms with E-state index in [1.54, 1.807) is 4.57 Å². The highest BCUT2D eigenvalue weighted by atomic mass is 35.5. The molecule has 0 aliphatic carbocycles. The zero-order chi connectivity index (χ0) is 32.6. The van der Waals surface area contributed by atoms with Crippen LogP contribution in [-0.4, -0.2) is 64.9 Å². The summed E-state index contributed by atoms with van der Waals surface area (Å²) >= 11 is 5.76. The Hall–Kier alpha value is -4.61. The van der Waals surface area contributed by atoms with Crippen molar-refractivity contribution in [1.82, 2.24) is 9.55 Å². The van der Waals surface area contributed by atoms with Crippen LogP contribution >= 0.6 is 11.6 Å². The standard InChI is InChI=1S/C34H36ClN3O8/c1-21(39)43-20-30-31(44-22(2)40)32(45-23(3)41)33(46-30)38-29-11-5-4-10-28(29)37-34(38)36-19-24-12-14-25(15-13-24)26-8-6-9-27(18-26)42-17-7-16-35/h4-6,8-15,18,30-33H,7,16-17,19-20H2,1-3H3,(H,36,37)/t30-,31-,32-,33-/m1/s1. The molecule has 0 amide bonds. The van der Waals surface area contributed by atoms with Crippen LogP contribution in [0.3, 0.4) is 0 Å². The number of fused-ring (bicyclic) bond motifs is 1. The second-order valence-electron chi connectivity index (χ2n) is 10.8. The molecule has 1 saturated heterocycles. The minimum Gasteiger partial charge on any atom is -0.494 e. The number of aromatic nitrogens is 2. The minimum absolute atomic E-state index is 0.203. The summed E-state index contributed by atoms with van der Waals surface area (Å²) < 4.78 is 30.3. The van der Waals surface area contributed by atoms with Gasteiger partial charge in [0, 0.05) is 33.2 Å². The lowest BCUT2D eigenvalue weighted by Crippen LogP contribution is -2.40. The molecule has 12 heteroatoms. The number of esters is 3. The first kappa shape index (κ1) is 32.8. The third kappa shape index (κ3) is 7.96. The monoisotopic (exact) mass is 649 g/mol. The molecule has 0 saturated carbocycles. The van der Waals surface area contributed by atoms with Gasteiger partial charge in [-0.1, -0.05) is 48.5 Å². The number of nitrogens with one attached hydrogen (secondary N) is 1. The van der Waals surface area contributed by atoms with Gasteiger partial charge < -0.3 is 29.0 Å². The molecule has 1 fully saturated rings. The van der Waals surface area contributed by atoms with E-state index in [1.807, 2.05) is 72.8 Å². The summed E-state index contributed by atoms with van der Waals surface area (Å²) in [6.45, 7) is 4.56. The molecule has 4 atom stereocenters. The molecule has 1 N–H and O–H groups in total. The minimum atomic E-state index is -1.05. The fraction of sp³-hybridized carbons (Fsp3) is 0.353. The van der Waals surface area contributed by atoms with Crippen LogP contribution in [0.25, 0.3) is 22.2 Å².